The van der Waals surface area contributed by atoms with Crippen LogP contribution < -0.4 is 20.1 Å². The summed E-state index contributed by atoms with van der Waals surface area (Å²) in [6, 6.07) is 12.0. The van der Waals surface area contributed by atoms with Crippen molar-refractivity contribution in [1.82, 2.24) is 15.5 Å². The van der Waals surface area contributed by atoms with E-state index in [4.69, 9.17) is 9.47 Å². The van der Waals surface area contributed by atoms with Gasteiger partial charge < -0.3 is 25.0 Å². The van der Waals surface area contributed by atoms with Gasteiger partial charge >= 0.3 is 0 Å². The van der Waals surface area contributed by atoms with Crippen LogP contribution in [0, 0.1) is 5.82 Å². The molecule has 2 aromatic rings. The highest BCUT2D eigenvalue weighted by Crippen LogP contribution is 2.28. The number of likely N-dealkylation sites (N-methyl/N-ethyl adjacent to an activating group) is 1. The maximum atomic E-state index is 13.5. The van der Waals surface area contributed by atoms with E-state index in [1.807, 2.05) is 44.0 Å². The largest absolute Gasteiger partial charge is 0.493 e. The molecule has 0 aromatic heterocycles. The van der Waals surface area contributed by atoms with Crippen molar-refractivity contribution in [2.24, 2.45) is 4.99 Å². The number of amides is 1. The van der Waals surface area contributed by atoms with Gasteiger partial charge in [-0.25, -0.2) is 9.38 Å². The monoisotopic (exact) mass is 558 g/mol. The van der Waals surface area contributed by atoms with Gasteiger partial charge in [-0.1, -0.05) is 18.2 Å². The molecule has 0 fully saturated rings. The summed E-state index contributed by atoms with van der Waals surface area (Å²) >= 11 is 0. The lowest BCUT2D eigenvalue weighted by Crippen LogP contribution is -2.38. The Balaban J connectivity index is 0.00000512. The summed E-state index contributed by atoms with van der Waals surface area (Å²) in [5, 5.41) is 5.94. The molecule has 0 aliphatic heterocycles. The van der Waals surface area contributed by atoms with Gasteiger partial charge in [0.05, 0.1) is 13.7 Å². The number of ether oxygens (including phenoxy) is 2. The predicted molar refractivity (Wildman–Crippen MR) is 135 cm³/mol. The van der Waals surface area contributed by atoms with Crippen molar-refractivity contribution < 1.29 is 18.7 Å². The van der Waals surface area contributed by atoms with E-state index in [9.17, 15) is 9.18 Å². The Bertz CT molecular complexity index is 895. The van der Waals surface area contributed by atoms with E-state index in [0.29, 0.717) is 43.6 Å². The van der Waals surface area contributed by atoms with Gasteiger partial charge in [0.1, 0.15) is 5.82 Å². The van der Waals surface area contributed by atoms with Crippen LogP contribution in [-0.2, 0) is 17.9 Å². The topological polar surface area (TPSA) is 75.2 Å². The molecular formula is C23H32FIN4O3. The molecule has 176 valence electrons. The Morgan fingerprint density at radius 3 is 2.47 bits per heavy atom. The van der Waals surface area contributed by atoms with Crippen LogP contribution in [0.1, 0.15) is 25.0 Å². The number of nitrogens with zero attached hydrogens (tertiary/aromatic N) is 2. The normalized spacial score (nSPS) is 10.7. The van der Waals surface area contributed by atoms with E-state index in [1.165, 1.54) is 12.1 Å². The van der Waals surface area contributed by atoms with Crippen LogP contribution in [-0.4, -0.2) is 50.6 Å². The quantitative estimate of drug-likeness (QED) is 0.265. The Morgan fingerprint density at radius 2 is 1.81 bits per heavy atom. The molecule has 7 nitrogen and oxygen atoms in total. The van der Waals surface area contributed by atoms with Crippen LogP contribution in [0.15, 0.2) is 47.5 Å². The lowest BCUT2D eigenvalue weighted by molar-refractivity contribution is -0.123. The SMILES string of the molecule is CCNC(=O)COc1ccc(CN=C(NCC)N(C)Cc2cccc(F)c2)cc1OC.I. The van der Waals surface area contributed by atoms with Gasteiger partial charge in [0.25, 0.3) is 5.91 Å². The first-order valence-corrected chi connectivity index (χ1v) is 10.3. The van der Waals surface area contributed by atoms with E-state index in [1.54, 1.807) is 19.2 Å². The third kappa shape index (κ3) is 8.89. The van der Waals surface area contributed by atoms with Crippen LogP contribution in [0.25, 0.3) is 0 Å². The molecule has 1 amide bonds. The summed E-state index contributed by atoms with van der Waals surface area (Å²) in [6.45, 7) is 5.99. The average molecular weight is 558 g/mol. The first-order chi connectivity index (χ1) is 15.0. The molecule has 0 aliphatic rings. The summed E-state index contributed by atoms with van der Waals surface area (Å²) in [7, 11) is 3.46. The minimum atomic E-state index is -0.255. The average Bonchev–Trinajstić information content (AvgIpc) is 2.75. The van der Waals surface area contributed by atoms with Crippen molar-refractivity contribution in [3.63, 3.8) is 0 Å². The number of carbonyl (C=O) groups excluding carboxylic acids is 1. The van der Waals surface area contributed by atoms with Gasteiger partial charge in [-0.15, -0.1) is 24.0 Å². The highest BCUT2D eigenvalue weighted by atomic mass is 127. The lowest BCUT2D eigenvalue weighted by Gasteiger charge is -2.22. The number of hydrogen-bond donors (Lipinski definition) is 2. The van der Waals surface area contributed by atoms with Crippen molar-refractivity contribution in [2.45, 2.75) is 26.9 Å². The molecular weight excluding hydrogens is 526 g/mol. The smallest absolute Gasteiger partial charge is 0.257 e. The highest BCUT2D eigenvalue weighted by molar-refractivity contribution is 14.0. The van der Waals surface area contributed by atoms with Crippen molar-refractivity contribution in [2.75, 3.05) is 33.9 Å². The molecule has 0 heterocycles. The minimum Gasteiger partial charge on any atom is -0.493 e. The molecule has 0 saturated carbocycles. The fourth-order valence-corrected chi connectivity index (χ4v) is 2.94. The maximum absolute atomic E-state index is 13.5. The van der Waals surface area contributed by atoms with E-state index in [2.05, 4.69) is 15.6 Å². The van der Waals surface area contributed by atoms with Crippen LogP contribution in [0.4, 0.5) is 4.39 Å². The second-order valence-corrected chi connectivity index (χ2v) is 6.88. The van der Waals surface area contributed by atoms with Gasteiger partial charge in [-0.05, 0) is 49.2 Å². The Kier molecular flexibility index (Phi) is 12.4. The Morgan fingerprint density at radius 1 is 1.06 bits per heavy atom. The number of aliphatic imine (C=N–C) groups is 1. The summed E-state index contributed by atoms with van der Waals surface area (Å²) in [6.07, 6.45) is 0. The summed E-state index contributed by atoms with van der Waals surface area (Å²) in [4.78, 5) is 18.2. The number of methoxy groups -OCH3 is 1. The van der Waals surface area contributed by atoms with Crippen molar-refractivity contribution in [3.8, 4) is 11.5 Å². The Labute approximate surface area is 206 Å². The van der Waals surface area contributed by atoms with E-state index in [0.717, 1.165) is 11.1 Å². The van der Waals surface area contributed by atoms with Crippen molar-refractivity contribution in [1.29, 1.82) is 0 Å². The molecule has 2 N–H and O–H groups in total. The van der Waals surface area contributed by atoms with Crippen LogP contribution in [0.5, 0.6) is 11.5 Å². The second-order valence-electron chi connectivity index (χ2n) is 6.88. The van der Waals surface area contributed by atoms with Crippen LogP contribution in [0.2, 0.25) is 0 Å². The molecule has 0 radical (unpaired) electrons. The molecule has 0 aliphatic carbocycles. The minimum absolute atomic E-state index is 0. The van der Waals surface area contributed by atoms with Crippen LogP contribution in [0.3, 0.4) is 0 Å². The number of carbonyl (C=O) groups is 1. The fraction of sp³-hybridized carbons (Fsp3) is 0.391. The molecule has 0 unspecified atom stereocenters. The number of hydrogen-bond acceptors (Lipinski definition) is 4. The van der Waals surface area contributed by atoms with Gasteiger partial charge in [-0.3, -0.25) is 4.79 Å². The summed E-state index contributed by atoms with van der Waals surface area (Å²) in [5.74, 6) is 1.30. The zero-order valence-corrected chi connectivity index (χ0v) is 21.3. The van der Waals surface area contributed by atoms with E-state index in [-0.39, 0.29) is 42.3 Å². The number of rotatable bonds is 10. The number of benzene rings is 2. The molecule has 2 aromatic carbocycles. The summed E-state index contributed by atoms with van der Waals surface area (Å²) in [5.41, 5.74) is 1.79. The van der Waals surface area contributed by atoms with E-state index < -0.39 is 0 Å². The summed E-state index contributed by atoms with van der Waals surface area (Å²) < 4.78 is 24.4. The van der Waals surface area contributed by atoms with Crippen molar-refractivity contribution >= 4 is 35.8 Å². The molecule has 0 bridgehead atoms. The van der Waals surface area contributed by atoms with Gasteiger partial charge in [0.15, 0.2) is 24.1 Å². The fourth-order valence-electron chi connectivity index (χ4n) is 2.94. The Hall–Kier alpha value is -2.56. The van der Waals surface area contributed by atoms with Gasteiger partial charge in [0, 0.05) is 26.7 Å². The number of halogens is 2. The standard InChI is InChI=1S/C23H31FN4O3.HI/c1-5-25-22(29)16-31-20-11-10-17(13-21(20)30-4)14-27-23(26-6-2)28(3)15-18-8-7-9-19(24)12-18;/h7-13H,5-6,14-16H2,1-4H3,(H,25,29)(H,26,27);1H. The molecule has 32 heavy (non-hydrogen) atoms. The second kappa shape index (κ2) is 14.5. The van der Waals surface area contributed by atoms with Crippen LogP contribution >= 0.6 is 24.0 Å². The molecule has 0 spiro atoms. The lowest BCUT2D eigenvalue weighted by atomic mass is 10.2. The molecule has 2 rings (SSSR count). The third-order valence-electron chi connectivity index (χ3n) is 4.38. The van der Waals surface area contributed by atoms with Gasteiger partial charge in [-0.2, -0.15) is 0 Å². The molecule has 0 atom stereocenters. The zero-order chi connectivity index (χ0) is 22.6. The molecule has 9 heteroatoms. The third-order valence-corrected chi connectivity index (χ3v) is 4.38. The first-order valence-electron chi connectivity index (χ1n) is 10.3. The maximum Gasteiger partial charge on any atom is 0.257 e. The zero-order valence-electron chi connectivity index (χ0n) is 19.0. The van der Waals surface area contributed by atoms with Crippen molar-refractivity contribution in [3.05, 3.63) is 59.4 Å². The highest BCUT2D eigenvalue weighted by Gasteiger charge is 2.10. The number of guanidine groups is 1. The number of nitrogens with one attached hydrogen (secondary N) is 2. The van der Waals surface area contributed by atoms with E-state index >= 15 is 0 Å². The van der Waals surface area contributed by atoms with Gasteiger partial charge in [0.2, 0.25) is 0 Å². The predicted octanol–water partition coefficient (Wildman–Crippen LogP) is 3.56. The molecule has 0 saturated heterocycles. The first kappa shape index (κ1) is 27.5.